The SMILES string of the molecule is Cc1cccc(/C=C/c2cc(C(=O)O)ccc2C(=O)O)c1. The van der Waals surface area contributed by atoms with Crippen molar-refractivity contribution in [3.05, 3.63) is 70.3 Å². The molecular weight excluding hydrogens is 268 g/mol. The van der Waals surface area contributed by atoms with Gasteiger partial charge >= 0.3 is 11.9 Å². The van der Waals surface area contributed by atoms with Gasteiger partial charge in [0.15, 0.2) is 0 Å². The second-order valence-corrected chi connectivity index (χ2v) is 4.66. The second kappa shape index (κ2) is 6.05. The van der Waals surface area contributed by atoms with Crippen LogP contribution in [0, 0.1) is 6.92 Å². The van der Waals surface area contributed by atoms with Crippen LogP contribution in [0.15, 0.2) is 42.5 Å². The van der Waals surface area contributed by atoms with Crippen LogP contribution in [0.25, 0.3) is 12.2 Å². The van der Waals surface area contributed by atoms with Gasteiger partial charge in [0, 0.05) is 0 Å². The topological polar surface area (TPSA) is 74.6 Å². The minimum atomic E-state index is -1.09. The van der Waals surface area contributed by atoms with Crippen LogP contribution in [0.1, 0.15) is 37.4 Å². The Bertz CT molecular complexity index is 729. The first-order valence-corrected chi connectivity index (χ1v) is 6.33. The average molecular weight is 282 g/mol. The second-order valence-electron chi connectivity index (χ2n) is 4.66. The minimum absolute atomic E-state index is 0.0592. The lowest BCUT2D eigenvalue weighted by atomic mass is 10.0. The molecule has 2 aromatic rings. The van der Waals surface area contributed by atoms with E-state index in [0.717, 1.165) is 11.1 Å². The van der Waals surface area contributed by atoms with Crippen molar-refractivity contribution >= 4 is 24.1 Å². The number of rotatable bonds is 4. The van der Waals surface area contributed by atoms with Gasteiger partial charge in [-0.3, -0.25) is 0 Å². The third-order valence-electron chi connectivity index (χ3n) is 3.03. The summed E-state index contributed by atoms with van der Waals surface area (Å²) in [7, 11) is 0. The van der Waals surface area contributed by atoms with E-state index in [1.165, 1.54) is 18.2 Å². The monoisotopic (exact) mass is 282 g/mol. The van der Waals surface area contributed by atoms with E-state index in [2.05, 4.69) is 0 Å². The quantitative estimate of drug-likeness (QED) is 0.841. The number of aryl methyl sites for hydroxylation is 1. The van der Waals surface area contributed by atoms with E-state index < -0.39 is 11.9 Å². The Balaban J connectivity index is 2.43. The number of carbonyl (C=O) groups is 2. The van der Waals surface area contributed by atoms with E-state index in [9.17, 15) is 9.59 Å². The van der Waals surface area contributed by atoms with Crippen molar-refractivity contribution in [2.45, 2.75) is 6.92 Å². The fraction of sp³-hybridized carbons (Fsp3) is 0.0588. The highest BCUT2D eigenvalue weighted by Crippen LogP contribution is 2.17. The Morgan fingerprint density at radius 2 is 1.71 bits per heavy atom. The van der Waals surface area contributed by atoms with Gasteiger partial charge in [0.2, 0.25) is 0 Å². The summed E-state index contributed by atoms with van der Waals surface area (Å²) in [6.07, 6.45) is 3.38. The molecule has 0 fully saturated rings. The normalized spacial score (nSPS) is 10.7. The van der Waals surface area contributed by atoms with Gasteiger partial charge in [-0.15, -0.1) is 0 Å². The first kappa shape index (κ1) is 14.5. The van der Waals surface area contributed by atoms with Gasteiger partial charge in [-0.25, -0.2) is 9.59 Å². The zero-order valence-corrected chi connectivity index (χ0v) is 11.4. The van der Waals surface area contributed by atoms with Crippen molar-refractivity contribution in [1.82, 2.24) is 0 Å². The average Bonchev–Trinajstić information content (AvgIpc) is 2.44. The molecule has 4 nitrogen and oxygen atoms in total. The Kier molecular flexibility index (Phi) is 4.18. The molecule has 2 N–H and O–H groups in total. The molecule has 0 aliphatic carbocycles. The molecule has 0 aliphatic heterocycles. The van der Waals surface area contributed by atoms with Crippen molar-refractivity contribution in [3.63, 3.8) is 0 Å². The molecule has 0 aliphatic rings. The van der Waals surface area contributed by atoms with Gasteiger partial charge in [-0.1, -0.05) is 42.0 Å². The summed E-state index contributed by atoms with van der Waals surface area (Å²) in [5.74, 6) is -2.17. The van der Waals surface area contributed by atoms with E-state index in [4.69, 9.17) is 10.2 Å². The van der Waals surface area contributed by atoms with E-state index in [-0.39, 0.29) is 11.1 Å². The molecule has 0 bridgehead atoms. The van der Waals surface area contributed by atoms with Crippen LogP contribution in [-0.4, -0.2) is 22.2 Å². The van der Waals surface area contributed by atoms with Crippen LogP contribution in [0.5, 0.6) is 0 Å². The van der Waals surface area contributed by atoms with Crippen LogP contribution < -0.4 is 0 Å². The first-order valence-electron chi connectivity index (χ1n) is 6.33. The Hall–Kier alpha value is -2.88. The molecule has 2 aromatic carbocycles. The highest BCUT2D eigenvalue weighted by atomic mass is 16.4. The Morgan fingerprint density at radius 3 is 2.33 bits per heavy atom. The number of hydrogen-bond donors (Lipinski definition) is 2. The third kappa shape index (κ3) is 3.57. The summed E-state index contributed by atoms with van der Waals surface area (Å²) in [6, 6.07) is 11.7. The number of aromatic carboxylic acids is 2. The van der Waals surface area contributed by atoms with Crippen LogP contribution in [0.2, 0.25) is 0 Å². The Labute approximate surface area is 122 Å². The summed E-state index contributed by atoms with van der Waals surface area (Å²) in [6.45, 7) is 1.96. The number of carboxylic acids is 2. The molecule has 21 heavy (non-hydrogen) atoms. The van der Waals surface area contributed by atoms with E-state index in [1.54, 1.807) is 12.2 Å². The van der Waals surface area contributed by atoms with E-state index in [0.29, 0.717) is 5.56 Å². The fourth-order valence-electron chi connectivity index (χ4n) is 1.99. The standard InChI is InChI=1S/C17H14O4/c1-11-3-2-4-12(9-11)5-6-13-10-14(16(18)19)7-8-15(13)17(20)21/h2-10H,1H3,(H,18,19)(H,20,21)/b6-5+. The fourth-order valence-corrected chi connectivity index (χ4v) is 1.99. The van der Waals surface area contributed by atoms with E-state index >= 15 is 0 Å². The van der Waals surface area contributed by atoms with Crippen LogP contribution in [-0.2, 0) is 0 Å². The van der Waals surface area contributed by atoms with Gasteiger partial charge < -0.3 is 10.2 Å². The minimum Gasteiger partial charge on any atom is -0.478 e. The molecule has 0 amide bonds. The zero-order chi connectivity index (χ0) is 15.4. The summed E-state index contributed by atoms with van der Waals surface area (Å²) in [4.78, 5) is 22.2. The van der Waals surface area contributed by atoms with Crippen LogP contribution in [0.4, 0.5) is 0 Å². The highest BCUT2D eigenvalue weighted by molar-refractivity contribution is 5.96. The largest absolute Gasteiger partial charge is 0.478 e. The van der Waals surface area contributed by atoms with Gasteiger partial charge in [0.25, 0.3) is 0 Å². The summed E-state index contributed by atoms with van der Waals surface area (Å²) in [5.41, 5.74) is 2.51. The number of carboxylic acid groups (broad SMARTS) is 2. The van der Waals surface area contributed by atoms with Gasteiger partial charge in [0.05, 0.1) is 11.1 Å². The molecule has 0 heterocycles. The van der Waals surface area contributed by atoms with Crippen molar-refractivity contribution in [1.29, 1.82) is 0 Å². The maximum absolute atomic E-state index is 11.2. The van der Waals surface area contributed by atoms with Crippen molar-refractivity contribution in [3.8, 4) is 0 Å². The molecule has 0 atom stereocenters. The molecule has 0 unspecified atom stereocenters. The van der Waals surface area contributed by atoms with Gasteiger partial charge in [-0.2, -0.15) is 0 Å². The molecule has 0 saturated carbocycles. The Morgan fingerprint density at radius 1 is 0.952 bits per heavy atom. The van der Waals surface area contributed by atoms with Crippen molar-refractivity contribution in [2.24, 2.45) is 0 Å². The molecule has 0 radical (unpaired) electrons. The molecule has 4 heteroatoms. The lowest BCUT2D eigenvalue weighted by molar-refractivity contribution is 0.0681. The summed E-state index contributed by atoms with van der Waals surface area (Å²) in [5, 5.41) is 18.1. The zero-order valence-electron chi connectivity index (χ0n) is 11.4. The highest BCUT2D eigenvalue weighted by Gasteiger charge is 2.11. The number of hydrogen-bond acceptors (Lipinski definition) is 2. The maximum atomic E-state index is 11.2. The smallest absolute Gasteiger partial charge is 0.336 e. The van der Waals surface area contributed by atoms with Gasteiger partial charge in [0.1, 0.15) is 0 Å². The molecule has 2 rings (SSSR count). The van der Waals surface area contributed by atoms with Crippen molar-refractivity contribution in [2.75, 3.05) is 0 Å². The summed E-state index contributed by atoms with van der Waals surface area (Å²) < 4.78 is 0. The summed E-state index contributed by atoms with van der Waals surface area (Å²) >= 11 is 0. The first-order chi connectivity index (χ1) is 9.97. The van der Waals surface area contributed by atoms with Gasteiger partial charge in [-0.05, 0) is 36.2 Å². The number of benzene rings is 2. The lowest BCUT2D eigenvalue weighted by Crippen LogP contribution is -2.03. The predicted molar refractivity (Wildman–Crippen MR) is 80.5 cm³/mol. The molecule has 0 spiro atoms. The van der Waals surface area contributed by atoms with E-state index in [1.807, 2.05) is 31.2 Å². The molecule has 106 valence electrons. The lowest BCUT2D eigenvalue weighted by Gasteiger charge is -2.03. The molecule has 0 aromatic heterocycles. The maximum Gasteiger partial charge on any atom is 0.336 e. The predicted octanol–water partition coefficient (Wildman–Crippen LogP) is 3.56. The van der Waals surface area contributed by atoms with Crippen molar-refractivity contribution < 1.29 is 19.8 Å². The third-order valence-corrected chi connectivity index (χ3v) is 3.03. The molecular formula is C17H14O4. The van der Waals surface area contributed by atoms with Crippen LogP contribution in [0.3, 0.4) is 0 Å². The van der Waals surface area contributed by atoms with Crippen LogP contribution >= 0.6 is 0 Å². The molecule has 0 saturated heterocycles.